The molecule has 2 N–H and O–H groups in total. The van der Waals surface area contributed by atoms with Crippen LogP contribution in [0.1, 0.15) is 18.3 Å². The van der Waals surface area contributed by atoms with Crippen molar-refractivity contribution in [2.45, 2.75) is 12.5 Å². The zero-order chi connectivity index (χ0) is 13.0. The van der Waals surface area contributed by atoms with E-state index in [2.05, 4.69) is 15.3 Å². The van der Waals surface area contributed by atoms with Crippen molar-refractivity contribution < 1.29 is 4.42 Å². The molecule has 3 heterocycles. The first kappa shape index (κ1) is 10.8. The normalized spacial score (nSPS) is 18.8. The Morgan fingerprint density at radius 2 is 2.26 bits per heavy atom. The fourth-order valence-electron chi connectivity index (χ4n) is 2.47. The molecule has 0 radical (unpaired) electrons. The van der Waals surface area contributed by atoms with Gasteiger partial charge < -0.3 is 14.7 Å². The highest BCUT2D eigenvalue weighted by molar-refractivity contribution is 6.33. The molecule has 6 heteroatoms. The Balaban J connectivity index is 2.08. The Hall–Kier alpha value is -2.08. The minimum atomic E-state index is -0.206. The van der Waals surface area contributed by atoms with E-state index < -0.39 is 0 Å². The molecule has 5 nitrogen and oxygen atoms in total. The van der Waals surface area contributed by atoms with E-state index in [1.54, 1.807) is 0 Å². The summed E-state index contributed by atoms with van der Waals surface area (Å²) in [5.41, 5.74) is 2.59. The number of nitrogens with one attached hydrogen (secondary N) is 2. The second kappa shape index (κ2) is 3.71. The third-order valence-electron chi connectivity index (χ3n) is 3.65. The average molecular weight is 253 g/mol. The van der Waals surface area contributed by atoms with Crippen molar-refractivity contribution in [3.63, 3.8) is 0 Å². The third-order valence-corrected chi connectivity index (χ3v) is 3.65. The van der Waals surface area contributed by atoms with E-state index in [0.717, 1.165) is 23.8 Å². The summed E-state index contributed by atoms with van der Waals surface area (Å²) in [6.45, 7) is 0.970. The maximum absolute atomic E-state index is 12.1. The quantitative estimate of drug-likeness (QED) is 0.597. The van der Waals surface area contributed by atoms with Gasteiger partial charge in [0, 0.05) is 5.39 Å². The maximum atomic E-state index is 12.1. The molecule has 2 aromatic heterocycles. The van der Waals surface area contributed by atoms with Crippen LogP contribution in [0.4, 0.5) is 0 Å². The second-order valence-corrected chi connectivity index (χ2v) is 5.03. The lowest BCUT2D eigenvalue weighted by Gasteiger charge is -2.26. The average Bonchev–Trinajstić information content (AvgIpc) is 2.66. The molecule has 1 aliphatic heterocycles. The summed E-state index contributed by atoms with van der Waals surface area (Å²) in [6.07, 6.45) is 1.00. The SMILES string of the molecule is Bc1ccc2oc3c(=O)[nH]c([C@@H]4CCN4)nc3c2c1. The van der Waals surface area contributed by atoms with Crippen LogP contribution < -0.4 is 16.3 Å². The van der Waals surface area contributed by atoms with Crippen LogP contribution in [0.2, 0.25) is 0 Å². The van der Waals surface area contributed by atoms with Gasteiger partial charge in [-0.15, -0.1) is 0 Å². The van der Waals surface area contributed by atoms with Gasteiger partial charge in [-0.25, -0.2) is 4.98 Å². The lowest BCUT2D eigenvalue weighted by atomic mass is 9.95. The Kier molecular flexibility index (Phi) is 2.11. The highest BCUT2D eigenvalue weighted by Crippen LogP contribution is 2.26. The summed E-state index contributed by atoms with van der Waals surface area (Å²) in [7, 11) is 2.01. The molecule has 4 rings (SSSR count). The lowest BCUT2D eigenvalue weighted by molar-refractivity contribution is 0.366. The Labute approximate surface area is 109 Å². The van der Waals surface area contributed by atoms with E-state index in [0.29, 0.717) is 22.5 Å². The number of rotatable bonds is 1. The van der Waals surface area contributed by atoms with E-state index in [1.165, 1.54) is 0 Å². The summed E-state index contributed by atoms with van der Waals surface area (Å²) < 4.78 is 5.60. The number of aromatic amines is 1. The van der Waals surface area contributed by atoms with Crippen LogP contribution in [0.5, 0.6) is 0 Å². The van der Waals surface area contributed by atoms with E-state index in [9.17, 15) is 4.79 Å². The second-order valence-electron chi connectivity index (χ2n) is 5.03. The number of nitrogens with zero attached hydrogens (tertiary/aromatic N) is 1. The van der Waals surface area contributed by atoms with E-state index in [-0.39, 0.29) is 11.6 Å². The first-order valence-electron chi connectivity index (χ1n) is 6.39. The van der Waals surface area contributed by atoms with E-state index in [4.69, 9.17) is 4.42 Å². The predicted octanol–water partition coefficient (Wildman–Crippen LogP) is -0.0379. The van der Waals surface area contributed by atoms with Crippen LogP contribution in [-0.2, 0) is 0 Å². The molecule has 1 atom stereocenters. The molecule has 1 aliphatic rings. The Bertz CT molecular complexity index is 848. The summed E-state index contributed by atoms with van der Waals surface area (Å²) in [5.74, 6) is 0.702. The molecule has 0 aliphatic carbocycles. The molecule has 19 heavy (non-hydrogen) atoms. The van der Waals surface area contributed by atoms with Crippen molar-refractivity contribution in [1.29, 1.82) is 0 Å². The largest absolute Gasteiger partial charge is 0.449 e. The Morgan fingerprint density at radius 1 is 1.42 bits per heavy atom. The van der Waals surface area contributed by atoms with Crippen LogP contribution >= 0.6 is 0 Å². The standard InChI is InChI=1S/C13H12BN3O2/c14-6-1-2-9-7(5-6)10-11(19-9)13(18)17-12(16-10)8-3-4-15-8/h1-2,5,8,15H,3-4,14H2,(H,16,17,18)/t8-/m0/s1. The molecule has 0 amide bonds. The van der Waals surface area contributed by atoms with Gasteiger partial charge in [0.1, 0.15) is 24.8 Å². The lowest BCUT2D eigenvalue weighted by Crippen LogP contribution is -2.37. The monoisotopic (exact) mass is 253 g/mol. The summed E-state index contributed by atoms with van der Waals surface area (Å²) in [5, 5.41) is 4.15. The van der Waals surface area contributed by atoms with E-state index >= 15 is 0 Å². The number of aromatic nitrogens is 2. The smallest absolute Gasteiger partial charge is 0.294 e. The van der Waals surface area contributed by atoms with Crippen LogP contribution in [0.25, 0.3) is 22.1 Å². The molecule has 0 saturated carbocycles. The van der Waals surface area contributed by atoms with Crippen molar-refractivity contribution in [2.75, 3.05) is 6.54 Å². The van der Waals surface area contributed by atoms with E-state index in [1.807, 2.05) is 26.0 Å². The molecular formula is C13H12BN3O2. The first-order valence-corrected chi connectivity index (χ1v) is 6.39. The van der Waals surface area contributed by atoms with Crippen molar-refractivity contribution in [2.24, 2.45) is 0 Å². The first-order chi connectivity index (χ1) is 9.22. The fraction of sp³-hybridized carbons (Fsp3) is 0.231. The van der Waals surface area contributed by atoms with Gasteiger partial charge in [0.05, 0.1) is 6.04 Å². The molecule has 0 spiro atoms. The number of fused-ring (bicyclic) bond motifs is 3. The van der Waals surface area contributed by atoms with Crippen molar-refractivity contribution in [3.05, 3.63) is 34.4 Å². The zero-order valence-corrected chi connectivity index (χ0v) is 10.5. The highest BCUT2D eigenvalue weighted by Gasteiger charge is 2.23. The van der Waals surface area contributed by atoms with Gasteiger partial charge in [0.25, 0.3) is 5.56 Å². The van der Waals surface area contributed by atoms with Gasteiger partial charge in [0.15, 0.2) is 0 Å². The summed E-state index contributed by atoms with van der Waals surface area (Å²) in [4.78, 5) is 19.5. The van der Waals surface area contributed by atoms with Gasteiger partial charge in [-0.1, -0.05) is 17.6 Å². The molecule has 0 unspecified atom stereocenters. The fourth-order valence-corrected chi connectivity index (χ4v) is 2.47. The molecular weight excluding hydrogens is 241 g/mol. The molecule has 1 saturated heterocycles. The maximum Gasteiger partial charge on any atom is 0.294 e. The van der Waals surface area contributed by atoms with Gasteiger partial charge in [-0.2, -0.15) is 0 Å². The molecule has 0 bridgehead atoms. The predicted molar refractivity (Wildman–Crippen MR) is 75.7 cm³/mol. The van der Waals surface area contributed by atoms with Crippen LogP contribution in [-0.4, -0.2) is 24.4 Å². The molecule has 3 aromatic rings. The third kappa shape index (κ3) is 1.53. The highest BCUT2D eigenvalue weighted by atomic mass is 16.3. The van der Waals surface area contributed by atoms with Crippen molar-refractivity contribution in [3.8, 4) is 0 Å². The van der Waals surface area contributed by atoms with Crippen molar-refractivity contribution >= 4 is 35.4 Å². The molecule has 1 aromatic carbocycles. The van der Waals surface area contributed by atoms with Gasteiger partial charge >= 0.3 is 0 Å². The molecule has 1 fully saturated rings. The van der Waals surface area contributed by atoms with Gasteiger partial charge in [-0.3, -0.25) is 4.79 Å². The number of H-pyrrole nitrogens is 1. The van der Waals surface area contributed by atoms with Crippen LogP contribution in [0.15, 0.2) is 27.4 Å². The minimum Gasteiger partial charge on any atom is -0.449 e. The number of furan rings is 1. The summed E-state index contributed by atoms with van der Waals surface area (Å²) in [6, 6.07) is 6.01. The minimum absolute atomic E-state index is 0.159. The molecule has 94 valence electrons. The number of hydrogen-bond donors (Lipinski definition) is 2. The summed E-state index contributed by atoms with van der Waals surface area (Å²) >= 11 is 0. The number of hydrogen-bond acceptors (Lipinski definition) is 4. The van der Waals surface area contributed by atoms with Crippen LogP contribution in [0, 0.1) is 0 Å². The van der Waals surface area contributed by atoms with Gasteiger partial charge in [-0.05, 0) is 19.0 Å². The van der Waals surface area contributed by atoms with Crippen molar-refractivity contribution in [1.82, 2.24) is 15.3 Å². The topological polar surface area (TPSA) is 70.9 Å². The zero-order valence-electron chi connectivity index (χ0n) is 10.5. The van der Waals surface area contributed by atoms with Gasteiger partial charge in [0.2, 0.25) is 5.58 Å². The Morgan fingerprint density at radius 3 is 3.00 bits per heavy atom. The number of benzene rings is 1. The van der Waals surface area contributed by atoms with Crippen LogP contribution in [0.3, 0.4) is 0 Å².